The molecular formula is C15H20O. The molecule has 0 aromatic heterocycles. The van der Waals surface area contributed by atoms with Crippen molar-refractivity contribution in [1.29, 1.82) is 0 Å². The van der Waals surface area contributed by atoms with Crippen LogP contribution in [0, 0.1) is 11.8 Å². The van der Waals surface area contributed by atoms with Gasteiger partial charge in [0.25, 0.3) is 0 Å². The molecule has 1 aromatic carbocycles. The summed E-state index contributed by atoms with van der Waals surface area (Å²) in [5.74, 6) is 1.54. The molecule has 1 aromatic rings. The zero-order chi connectivity index (χ0) is 11.4. The standard InChI is InChI=1S/C15H20O/c1-2-14-11-13(8-9-15(14)16)10-12-6-4-3-5-7-12/h3-7,13-14H,2,8-11H2,1H3. The van der Waals surface area contributed by atoms with Gasteiger partial charge in [-0.15, -0.1) is 0 Å². The molecule has 2 unspecified atom stereocenters. The molecule has 16 heavy (non-hydrogen) atoms. The summed E-state index contributed by atoms with van der Waals surface area (Å²) in [6.45, 7) is 2.13. The molecular weight excluding hydrogens is 196 g/mol. The second-order valence-electron chi connectivity index (χ2n) is 4.90. The smallest absolute Gasteiger partial charge is 0.135 e. The third-order valence-corrected chi connectivity index (χ3v) is 3.73. The highest BCUT2D eigenvalue weighted by atomic mass is 16.1. The Kier molecular flexibility index (Phi) is 3.76. The minimum atomic E-state index is 0.336. The van der Waals surface area contributed by atoms with Crippen molar-refractivity contribution in [2.45, 2.75) is 39.0 Å². The van der Waals surface area contributed by atoms with Crippen LogP contribution in [0.25, 0.3) is 0 Å². The minimum absolute atomic E-state index is 0.336. The first-order chi connectivity index (χ1) is 7.79. The lowest BCUT2D eigenvalue weighted by molar-refractivity contribution is -0.125. The quantitative estimate of drug-likeness (QED) is 0.754. The largest absolute Gasteiger partial charge is 0.299 e. The summed E-state index contributed by atoms with van der Waals surface area (Å²) >= 11 is 0. The number of hydrogen-bond donors (Lipinski definition) is 0. The van der Waals surface area contributed by atoms with Crippen LogP contribution >= 0.6 is 0 Å². The fourth-order valence-corrected chi connectivity index (χ4v) is 2.73. The van der Waals surface area contributed by atoms with E-state index >= 15 is 0 Å². The Morgan fingerprint density at radius 2 is 2.00 bits per heavy atom. The van der Waals surface area contributed by atoms with Gasteiger partial charge in [-0.2, -0.15) is 0 Å². The van der Waals surface area contributed by atoms with E-state index in [4.69, 9.17) is 0 Å². The Morgan fingerprint density at radius 3 is 2.69 bits per heavy atom. The van der Waals surface area contributed by atoms with Crippen molar-refractivity contribution in [2.24, 2.45) is 11.8 Å². The summed E-state index contributed by atoms with van der Waals surface area (Å²) in [6, 6.07) is 10.6. The average Bonchev–Trinajstić information content (AvgIpc) is 2.33. The highest BCUT2D eigenvalue weighted by molar-refractivity contribution is 5.81. The molecule has 0 saturated heterocycles. The summed E-state index contributed by atoms with van der Waals surface area (Å²) < 4.78 is 0. The molecule has 0 bridgehead atoms. The van der Waals surface area contributed by atoms with Crippen molar-refractivity contribution in [3.05, 3.63) is 35.9 Å². The molecule has 2 atom stereocenters. The van der Waals surface area contributed by atoms with E-state index in [1.165, 1.54) is 5.56 Å². The van der Waals surface area contributed by atoms with Gasteiger partial charge in [-0.25, -0.2) is 0 Å². The number of ketones is 1. The topological polar surface area (TPSA) is 17.1 Å². The van der Waals surface area contributed by atoms with E-state index in [1.54, 1.807) is 0 Å². The molecule has 0 aliphatic heterocycles. The number of carbonyl (C=O) groups is 1. The molecule has 0 amide bonds. The number of benzene rings is 1. The predicted octanol–water partition coefficient (Wildman–Crippen LogP) is 3.62. The van der Waals surface area contributed by atoms with Gasteiger partial charge in [0.15, 0.2) is 0 Å². The number of hydrogen-bond acceptors (Lipinski definition) is 1. The van der Waals surface area contributed by atoms with Crippen molar-refractivity contribution in [2.75, 3.05) is 0 Å². The Hall–Kier alpha value is -1.11. The second-order valence-corrected chi connectivity index (χ2v) is 4.90. The van der Waals surface area contributed by atoms with E-state index in [1.807, 2.05) is 0 Å². The van der Waals surface area contributed by atoms with E-state index in [2.05, 4.69) is 37.3 Å². The van der Waals surface area contributed by atoms with E-state index in [0.29, 0.717) is 17.6 Å². The number of carbonyl (C=O) groups excluding carboxylic acids is 1. The number of rotatable bonds is 3. The maximum Gasteiger partial charge on any atom is 0.135 e. The normalized spacial score (nSPS) is 25.7. The molecule has 1 saturated carbocycles. The van der Waals surface area contributed by atoms with Crippen LogP contribution in [-0.2, 0) is 11.2 Å². The maximum atomic E-state index is 11.6. The Balaban J connectivity index is 1.94. The van der Waals surface area contributed by atoms with E-state index < -0.39 is 0 Å². The molecule has 1 nitrogen and oxygen atoms in total. The molecule has 1 heteroatoms. The Labute approximate surface area is 97.9 Å². The highest BCUT2D eigenvalue weighted by Gasteiger charge is 2.27. The van der Waals surface area contributed by atoms with Crippen LogP contribution in [0.2, 0.25) is 0 Å². The van der Waals surface area contributed by atoms with Crippen molar-refractivity contribution >= 4 is 5.78 Å². The molecule has 1 aliphatic carbocycles. The van der Waals surface area contributed by atoms with E-state index in [-0.39, 0.29) is 0 Å². The van der Waals surface area contributed by atoms with Gasteiger partial charge in [-0.05, 0) is 37.2 Å². The monoisotopic (exact) mass is 216 g/mol. The van der Waals surface area contributed by atoms with Crippen LogP contribution in [0.4, 0.5) is 0 Å². The van der Waals surface area contributed by atoms with E-state index in [9.17, 15) is 4.79 Å². The summed E-state index contributed by atoms with van der Waals surface area (Å²) in [7, 11) is 0. The lowest BCUT2D eigenvalue weighted by Gasteiger charge is -2.27. The van der Waals surface area contributed by atoms with Gasteiger partial charge in [0.2, 0.25) is 0 Å². The SMILES string of the molecule is CCC1CC(Cc2ccccc2)CCC1=O. The Morgan fingerprint density at radius 1 is 1.25 bits per heavy atom. The van der Waals surface area contributed by atoms with Crippen LogP contribution < -0.4 is 0 Å². The first-order valence-electron chi connectivity index (χ1n) is 6.36. The third-order valence-electron chi connectivity index (χ3n) is 3.73. The van der Waals surface area contributed by atoms with Crippen LogP contribution in [0.5, 0.6) is 0 Å². The summed E-state index contributed by atoms with van der Waals surface area (Å²) in [6.07, 6.45) is 5.15. The third kappa shape index (κ3) is 2.72. The zero-order valence-electron chi connectivity index (χ0n) is 9.99. The Bertz CT molecular complexity index is 342. The van der Waals surface area contributed by atoms with Crippen molar-refractivity contribution in [1.82, 2.24) is 0 Å². The first-order valence-corrected chi connectivity index (χ1v) is 6.36. The minimum Gasteiger partial charge on any atom is -0.299 e. The summed E-state index contributed by atoms with van der Waals surface area (Å²) in [4.78, 5) is 11.6. The highest BCUT2D eigenvalue weighted by Crippen LogP contribution is 2.30. The molecule has 86 valence electrons. The van der Waals surface area contributed by atoms with Crippen LogP contribution in [0.3, 0.4) is 0 Å². The molecule has 0 heterocycles. The molecule has 0 spiro atoms. The van der Waals surface area contributed by atoms with Crippen LogP contribution in [-0.4, -0.2) is 5.78 Å². The second kappa shape index (κ2) is 5.29. The van der Waals surface area contributed by atoms with Crippen LogP contribution in [0.15, 0.2) is 30.3 Å². The fourth-order valence-electron chi connectivity index (χ4n) is 2.73. The lowest BCUT2D eigenvalue weighted by atomic mass is 9.77. The first kappa shape index (κ1) is 11.4. The molecule has 2 rings (SSSR count). The molecule has 0 radical (unpaired) electrons. The van der Waals surface area contributed by atoms with Crippen molar-refractivity contribution in [3.63, 3.8) is 0 Å². The molecule has 1 aliphatic rings. The van der Waals surface area contributed by atoms with Crippen LogP contribution in [0.1, 0.15) is 38.2 Å². The van der Waals surface area contributed by atoms with Gasteiger partial charge in [0, 0.05) is 12.3 Å². The van der Waals surface area contributed by atoms with Gasteiger partial charge in [-0.3, -0.25) is 4.79 Å². The van der Waals surface area contributed by atoms with Gasteiger partial charge in [-0.1, -0.05) is 37.3 Å². The van der Waals surface area contributed by atoms with Gasteiger partial charge < -0.3 is 0 Å². The fraction of sp³-hybridized carbons (Fsp3) is 0.533. The zero-order valence-corrected chi connectivity index (χ0v) is 9.99. The van der Waals surface area contributed by atoms with Gasteiger partial charge in [0.05, 0.1) is 0 Å². The number of Topliss-reactive ketones (excluding diaryl/α,β-unsaturated/α-hetero) is 1. The maximum absolute atomic E-state index is 11.6. The lowest BCUT2D eigenvalue weighted by Crippen LogP contribution is -2.25. The predicted molar refractivity (Wildman–Crippen MR) is 66.3 cm³/mol. The summed E-state index contributed by atoms with van der Waals surface area (Å²) in [5, 5.41) is 0. The van der Waals surface area contributed by atoms with Gasteiger partial charge >= 0.3 is 0 Å². The van der Waals surface area contributed by atoms with Crippen molar-refractivity contribution < 1.29 is 4.79 Å². The molecule has 0 N–H and O–H groups in total. The molecule has 1 fully saturated rings. The van der Waals surface area contributed by atoms with Gasteiger partial charge in [0.1, 0.15) is 5.78 Å². The van der Waals surface area contributed by atoms with E-state index in [0.717, 1.165) is 32.1 Å². The van der Waals surface area contributed by atoms with Crippen molar-refractivity contribution in [3.8, 4) is 0 Å². The summed E-state index contributed by atoms with van der Waals surface area (Å²) in [5.41, 5.74) is 1.41. The average molecular weight is 216 g/mol.